The Morgan fingerprint density at radius 3 is 2.43 bits per heavy atom. The Hall–Kier alpha value is -0.220. The van der Waals surface area contributed by atoms with Gasteiger partial charge in [0.1, 0.15) is 5.75 Å². The highest BCUT2D eigenvalue weighted by molar-refractivity contribution is 9.11. The van der Waals surface area contributed by atoms with Crippen LogP contribution in [0, 0.1) is 6.92 Å². The maximum absolute atomic E-state index is 6.38. The van der Waals surface area contributed by atoms with E-state index in [1.165, 1.54) is 5.56 Å². The van der Waals surface area contributed by atoms with E-state index < -0.39 is 0 Å². The Balaban J connectivity index is 2.43. The fourth-order valence-corrected chi connectivity index (χ4v) is 4.44. The lowest BCUT2D eigenvalue weighted by Gasteiger charge is -2.17. The lowest BCUT2D eigenvalue weighted by Crippen LogP contribution is -1.98. The molecule has 0 saturated heterocycles. The van der Waals surface area contributed by atoms with Gasteiger partial charge in [-0.05, 0) is 42.7 Å². The number of aryl methyl sites for hydroxylation is 1. The van der Waals surface area contributed by atoms with E-state index >= 15 is 0 Å². The number of benzene rings is 2. The third kappa shape index (κ3) is 3.95. The van der Waals surface area contributed by atoms with Crippen molar-refractivity contribution in [1.82, 2.24) is 0 Å². The monoisotopic (exact) mass is 450 g/mol. The molecule has 0 fully saturated rings. The van der Waals surface area contributed by atoms with E-state index in [0.29, 0.717) is 22.4 Å². The Morgan fingerprint density at radius 1 is 1.10 bits per heavy atom. The average Bonchev–Trinajstić information content (AvgIpc) is 2.42. The second-order valence-electron chi connectivity index (χ2n) is 4.62. The molecule has 1 nitrogen and oxygen atoms in total. The van der Waals surface area contributed by atoms with Crippen molar-refractivity contribution in [3.8, 4) is 5.75 Å². The highest BCUT2D eigenvalue weighted by atomic mass is 79.9. The zero-order chi connectivity index (χ0) is 15.6. The van der Waals surface area contributed by atoms with Gasteiger partial charge < -0.3 is 4.74 Å². The summed E-state index contributed by atoms with van der Waals surface area (Å²) in [5.74, 6) is 0.607. The van der Waals surface area contributed by atoms with Crippen LogP contribution in [-0.4, -0.2) is 6.61 Å². The van der Waals surface area contributed by atoms with Crippen LogP contribution >= 0.6 is 55.1 Å². The fraction of sp³-hybridized carbons (Fsp3) is 0.250. The highest BCUT2D eigenvalue weighted by Crippen LogP contribution is 2.42. The summed E-state index contributed by atoms with van der Waals surface area (Å²) in [5, 5.41) is 1.18. The molecule has 1 atom stereocenters. The third-order valence-electron chi connectivity index (χ3n) is 3.05. The molecule has 5 heteroatoms. The van der Waals surface area contributed by atoms with Crippen molar-refractivity contribution < 1.29 is 4.74 Å². The van der Waals surface area contributed by atoms with E-state index in [1.807, 2.05) is 13.0 Å². The molecule has 0 aromatic heterocycles. The molecule has 0 saturated carbocycles. The van der Waals surface area contributed by atoms with Crippen LogP contribution in [-0.2, 0) is 0 Å². The highest BCUT2D eigenvalue weighted by Gasteiger charge is 2.19. The molecule has 0 aliphatic heterocycles. The van der Waals surface area contributed by atoms with E-state index in [-0.39, 0.29) is 4.83 Å². The maximum atomic E-state index is 6.38. The summed E-state index contributed by atoms with van der Waals surface area (Å²) >= 11 is 19.9. The van der Waals surface area contributed by atoms with Gasteiger partial charge in [-0.15, -0.1) is 0 Å². The van der Waals surface area contributed by atoms with Gasteiger partial charge in [-0.3, -0.25) is 0 Å². The molecule has 0 radical (unpaired) electrons. The van der Waals surface area contributed by atoms with Gasteiger partial charge in [0.05, 0.1) is 16.5 Å². The predicted molar refractivity (Wildman–Crippen MR) is 97.3 cm³/mol. The van der Waals surface area contributed by atoms with Gasteiger partial charge in [0.15, 0.2) is 0 Å². The molecule has 0 aliphatic carbocycles. The van der Waals surface area contributed by atoms with Crippen LogP contribution in [0.1, 0.15) is 28.4 Å². The smallest absolute Gasteiger partial charge is 0.139 e. The van der Waals surface area contributed by atoms with Gasteiger partial charge in [0.25, 0.3) is 0 Å². The van der Waals surface area contributed by atoms with Crippen molar-refractivity contribution >= 4 is 55.1 Å². The molecule has 0 N–H and O–H groups in total. The van der Waals surface area contributed by atoms with Crippen molar-refractivity contribution in [2.24, 2.45) is 0 Å². The molecule has 0 aliphatic rings. The van der Waals surface area contributed by atoms with E-state index in [4.69, 9.17) is 27.9 Å². The SMILES string of the molecule is CCOc1cc(Cl)c(C(Br)c2ccc(C)cc2Br)cc1Cl. The van der Waals surface area contributed by atoms with Crippen LogP contribution in [0.25, 0.3) is 0 Å². The predicted octanol–water partition coefficient (Wildman–Crippen LogP) is 6.95. The summed E-state index contributed by atoms with van der Waals surface area (Å²) < 4.78 is 6.49. The van der Waals surface area contributed by atoms with Gasteiger partial charge in [0, 0.05) is 15.6 Å². The lowest BCUT2D eigenvalue weighted by molar-refractivity contribution is 0.340. The first-order chi connectivity index (χ1) is 9.93. The Kier molecular flexibility index (Phi) is 6.01. The summed E-state index contributed by atoms with van der Waals surface area (Å²) in [6.45, 7) is 4.52. The van der Waals surface area contributed by atoms with Crippen LogP contribution in [0.3, 0.4) is 0 Å². The number of alkyl halides is 1. The first kappa shape index (κ1) is 17.1. The minimum absolute atomic E-state index is 0.0480. The summed E-state index contributed by atoms with van der Waals surface area (Å²) in [5.41, 5.74) is 3.21. The van der Waals surface area contributed by atoms with Gasteiger partial charge in [-0.1, -0.05) is 67.2 Å². The molecular weight excluding hydrogens is 439 g/mol. The largest absolute Gasteiger partial charge is 0.492 e. The topological polar surface area (TPSA) is 9.23 Å². The molecule has 2 aromatic carbocycles. The minimum atomic E-state index is -0.0480. The van der Waals surface area contributed by atoms with Gasteiger partial charge in [-0.2, -0.15) is 0 Å². The van der Waals surface area contributed by atoms with Crippen LogP contribution in [0.2, 0.25) is 10.0 Å². The molecule has 21 heavy (non-hydrogen) atoms. The quantitative estimate of drug-likeness (QED) is 0.456. The molecule has 0 bridgehead atoms. The lowest BCUT2D eigenvalue weighted by atomic mass is 10.0. The zero-order valence-electron chi connectivity index (χ0n) is 11.6. The van der Waals surface area contributed by atoms with Gasteiger partial charge in [0.2, 0.25) is 0 Å². The second kappa shape index (κ2) is 7.36. The number of hydrogen-bond donors (Lipinski definition) is 0. The summed E-state index contributed by atoms with van der Waals surface area (Å²) in [6.07, 6.45) is 0. The number of halogens is 4. The van der Waals surface area contributed by atoms with Crippen molar-refractivity contribution in [3.63, 3.8) is 0 Å². The molecule has 2 aromatic rings. The fourth-order valence-electron chi connectivity index (χ4n) is 2.01. The Bertz CT molecular complexity index is 659. The molecule has 0 amide bonds. The maximum Gasteiger partial charge on any atom is 0.139 e. The number of rotatable bonds is 4. The van der Waals surface area contributed by atoms with Crippen LogP contribution in [0.5, 0.6) is 5.75 Å². The summed E-state index contributed by atoms with van der Waals surface area (Å²) in [4.78, 5) is -0.0480. The van der Waals surface area contributed by atoms with Crippen molar-refractivity contribution in [2.75, 3.05) is 6.61 Å². The minimum Gasteiger partial charge on any atom is -0.492 e. The van der Waals surface area contributed by atoms with E-state index in [9.17, 15) is 0 Å². The van der Waals surface area contributed by atoms with E-state index in [0.717, 1.165) is 15.6 Å². The van der Waals surface area contributed by atoms with Crippen molar-refractivity contribution in [2.45, 2.75) is 18.7 Å². The summed E-state index contributed by atoms with van der Waals surface area (Å²) in [6, 6.07) is 9.82. The van der Waals surface area contributed by atoms with Gasteiger partial charge >= 0.3 is 0 Å². The van der Waals surface area contributed by atoms with E-state index in [2.05, 4.69) is 57.0 Å². The molecule has 1 unspecified atom stereocenters. The van der Waals surface area contributed by atoms with Gasteiger partial charge in [-0.25, -0.2) is 0 Å². The Morgan fingerprint density at radius 2 is 1.81 bits per heavy atom. The third-order valence-corrected chi connectivity index (χ3v) is 5.35. The number of hydrogen-bond acceptors (Lipinski definition) is 1. The summed E-state index contributed by atoms with van der Waals surface area (Å²) in [7, 11) is 0. The Labute approximate surface area is 151 Å². The first-order valence-electron chi connectivity index (χ1n) is 6.46. The zero-order valence-corrected chi connectivity index (χ0v) is 16.3. The first-order valence-corrected chi connectivity index (χ1v) is 8.92. The standard InChI is InChI=1S/C16H14Br2Cl2O/c1-3-21-15-8-13(19)11(7-14(15)20)16(18)10-5-4-9(2)6-12(10)17/h4-8,16H,3H2,1-2H3. The number of ether oxygens (including phenoxy) is 1. The molecular formula is C16H14Br2Cl2O. The van der Waals surface area contributed by atoms with Crippen molar-refractivity contribution in [1.29, 1.82) is 0 Å². The second-order valence-corrected chi connectivity index (χ2v) is 7.21. The molecule has 0 spiro atoms. The van der Waals surface area contributed by atoms with Crippen molar-refractivity contribution in [3.05, 3.63) is 61.5 Å². The molecule has 0 heterocycles. The van der Waals surface area contributed by atoms with Crippen LogP contribution < -0.4 is 4.74 Å². The van der Waals surface area contributed by atoms with E-state index in [1.54, 1.807) is 6.07 Å². The molecule has 112 valence electrons. The van der Waals surface area contributed by atoms with Crippen LogP contribution in [0.15, 0.2) is 34.8 Å². The average molecular weight is 453 g/mol. The normalized spacial score (nSPS) is 12.3. The molecule has 2 rings (SSSR count). The van der Waals surface area contributed by atoms with Crippen LogP contribution in [0.4, 0.5) is 0 Å².